The minimum atomic E-state index is -3.63. The summed E-state index contributed by atoms with van der Waals surface area (Å²) in [7, 11) is -0.318. The highest BCUT2D eigenvalue weighted by atomic mass is 32.2. The van der Waals surface area contributed by atoms with Crippen molar-refractivity contribution in [2.45, 2.75) is 36.1 Å². The first-order chi connectivity index (χ1) is 13.6. The van der Waals surface area contributed by atoms with Crippen molar-refractivity contribution in [1.29, 1.82) is 0 Å². The number of carbonyl (C=O) groups excluding carboxylic acids is 2. The molecule has 2 aromatic rings. The van der Waals surface area contributed by atoms with Gasteiger partial charge >= 0.3 is 0 Å². The number of hydrogen-bond donors (Lipinski definition) is 2. The number of rotatable bonds is 7. The van der Waals surface area contributed by atoms with Gasteiger partial charge in [0.15, 0.2) is 0 Å². The maximum Gasteiger partial charge on any atom is 0.286 e. The van der Waals surface area contributed by atoms with Gasteiger partial charge in [0.05, 0.1) is 10.6 Å². The van der Waals surface area contributed by atoms with Crippen LogP contribution in [0.3, 0.4) is 0 Å². The zero-order valence-corrected chi connectivity index (χ0v) is 18.4. The molecule has 0 bridgehead atoms. The summed E-state index contributed by atoms with van der Waals surface area (Å²) >= 11 is 1.01. The maximum atomic E-state index is 12.6. The lowest BCUT2D eigenvalue weighted by Crippen LogP contribution is -2.32. The van der Waals surface area contributed by atoms with E-state index in [1.807, 2.05) is 6.92 Å². The molecule has 0 heterocycles. The van der Waals surface area contributed by atoms with Crippen molar-refractivity contribution in [3.8, 4) is 0 Å². The first-order valence-electron chi connectivity index (χ1n) is 9.06. The Hall–Kier alpha value is -2.36. The van der Waals surface area contributed by atoms with Gasteiger partial charge in [-0.1, -0.05) is 19.1 Å². The first kappa shape index (κ1) is 22.9. The fraction of sp³-hybridized carbons (Fsp3) is 0.300. The molecular formula is C20H25N3O4S2. The van der Waals surface area contributed by atoms with E-state index >= 15 is 0 Å². The number of amides is 2. The molecule has 0 aromatic heterocycles. The van der Waals surface area contributed by atoms with Crippen molar-refractivity contribution in [3.05, 3.63) is 54.1 Å². The number of thioether (sulfide) groups is 1. The zero-order valence-electron chi connectivity index (χ0n) is 16.8. The number of benzene rings is 2. The van der Waals surface area contributed by atoms with E-state index in [4.69, 9.17) is 0 Å². The molecule has 0 spiro atoms. The highest BCUT2D eigenvalue weighted by Crippen LogP contribution is 2.29. The third-order valence-corrected chi connectivity index (χ3v) is 6.81. The fourth-order valence-corrected chi connectivity index (χ4v) is 4.31. The van der Waals surface area contributed by atoms with Crippen molar-refractivity contribution >= 4 is 38.6 Å². The molecule has 0 radical (unpaired) electrons. The molecule has 1 unspecified atom stereocenters. The van der Waals surface area contributed by atoms with Crippen LogP contribution in [0.25, 0.3) is 0 Å². The van der Waals surface area contributed by atoms with Crippen LogP contribution in [-0.4, -0.2) is 44.6 Å². The van der Waals surface area contributed by atoms with Gasteiger partial charge in [0, 0.05) is 30.6 Å². The summed E-state index contributed by atoms with van der Waals surface area (Å²) in [6, 6.07) is 12.5. The summed E-state index contributed by atoms with van der Waals surface area (Å²) in [6.45, 7) is 3.68. The molecule has 0 fully saturated rings. The summed E-state index contributed by atoms with van der Waals surface area (Å²) in [6.07, 6.45) is 0.674. The molecule has 0 aliphatic carbocycles. The average Bonchev–Trinajstić information content (AvgIpc) is 2.69. The van der Waals surface area contributed by atoms with E-state index in [0.29, 0.717) is 22.6 Å². The number of nitrogens with zero attached hydrogens (tertiary/aromatic N) is 1. The molecule has 1 atom stereocenters. The lowest BCUT2D eigenvalue weighted by molar-refractivity contribution is 0.102. The van der Waals surface area contributed by atoms with E-state index in [9.17, 15) is 18.0 Å². The molecule has 2 N–H and O–H groups in total. The monoisotopic (exact) mass is 435 g/mol. The van der Waals surface area contributed by atoms with E-state index in [0.717, 1.165) is 11.8 Å². The second kappa shape index (κ2) is 9.91. The normalized spacial score (nSPS) is 12.3. The van der Waals surface area contributed by atoms with Crippen LogP contribution in [0.1, 0.15) is 30.6 Å². The van der Waals surface area contributed by atoms with Crippen molar-refractivity contribution in [2.75, 3.05) is 19.4 Å². The van der Waals surface area contributed by atoms with Gasteiger partial charge in [-0.25, -0.2) is 13.1 Å². The van der Waals surface area contributed by atoms with Gasteiger partial charge in [0.25, 0.3) is 11.1 Å². The molecule has 9 heteroatoms. The molecule has 0 saturated heterocycles. The summed E-state index contributed by atoms with van der Waals surface area (Å²) in [5.41, 5.74) is 0.819. The van der Waals surface area contributed by atoms with Gasteiger partial charge in [-0.3, -0.25) is 9.59 Å². The molecule has 29 heavy (non-hydrogen) atoms. The standard InChI is InChI=1S/C20H25N3O4S2/c1-5-14(2)22-29(26,27)16-12-10-15(11-13-16)19(24)21-17-8-6-7-9-18(17)28-20(25)23(3)4/h6-14,22H,5H2,1-4H3,(H,21,24). The number of carbonyl (C=O) groups is 2. The van der Waals surface area contributed by atoms with Gasteiger partial charge in [-0.05, 0) is 61.5 Å². The Balaban J connectivity index is 2.16. The minimum absolute atomic E-state index is 0.0990. The summed E-state index contributed by atoms with van der Waals surface area (Å²) in [4.78, 5) is 26.7. The highest BCUT2D eigenvalue weighted by Gasteiger charge is 2.18. The average molecular weight is 436 g/mol. The van der Waals surface area contributed by atoms with E-state index < -0.39 is 15.9 Å². The smallest absolute Gasteiger partial charge is 0.286 e. The SMILES string of the molecule is CCC(C)NS(=O)(=O)c1ccc(C(=O)Nc2ccccc2SC(=O)N(C)C)cc1. The lowest BCUT2D eigenvalue weighted by atomic mass is 10.2. The number of sulfonamides is 1. The van der Waals surface area contributed by atoms with Gasteiger partial charge in [-0.2, -0.15) is 0 Å². The van der Waals surface area contributed by atoms with Crippen molar-refractivity contribution in [1.82, 2.24) is 9.62 Å². The molecule has 2 aromatic carbocycles. The Bertz CT molecular complexity index is 973. The van der Waals surface area contributed by atoms with Crippen LogP contribution in [0.5, 0.6) is 0 Å². The van der Waals surface area contributed by atoms with Gasteiger partial charge < -0.3 is 10.2 Å². The topological polar surface area (TPSA) is 95.6 Å². The van der Waals surface area contributed by atoms with Crippen LogP contribution >= 0.6 is 11.8 Å². The number of nitrogens with one attached hydrogen (secondary N) is 2. The molecule has 2 rings (SSSR count). The highest BCUT2D eigenvalue weighted by molar-refractivity contribution is 8.13. The van der Waals surface area contributed by atoms with Crippen LogP contribution in [0.2, 0.25) is 0 Å². The van der Waals surface area contributed by atoms with Crippen LogP contribution in [0, 0.1) is 0 Å². The molecule has 0 aliphatic heterocycles. The quantitative estimate of drug-likeness (QED) is 0.645. The summed E-state index contributed by atoms with van der Waals surface area (Å²) in [5, 5.41) is 2.62. The van der Waals surface area contributed by atoms with Crippen molar-refractivity contribution < 1.29 is 18.0 Å². The predicted molar refractivity (Wildman–Crippen MR) is 116 cm³/mol. The molecule has 0 aliphatic rings. The lowest BCUT2D eigenvalue weighted by Gasteiger charge is -2.14. The Morgan fingerprint density at radius 2 is 1.69 bits per heavy atom. The van der Waals surface area contributed by atoms with Crippen LogP contribution in [-0.2, 0) is 10.0 Å². The largest absolute Gasteiger partial charge is 0.339 e. The Morgan fingerprint density at radius 1 is 1.07 bits per heavy atom. The summed E-state index contributed by atoms with van der Waals surface area (Å²) < 4.78 is 27.2. The molecule has 0 saturated carbocycles. The third-order valence-electron chi connectivity index (χ3n) is 4.09. The van der Waals surface area contributed by atoms with Gasteiger partial charge in [-0.15, -0.1) is 0 Å². The van der Waals surface area contributed by atoms with Gasteiger partial charge in [0.2, 0.25) is 10.0 Å². The zero-order chi connectivity index (χ0) is 21.6. The number of hydrogen-bond acceptors (Lipinski definition) is 5. The molecule has 7 nitrogen and oxygen atoms in total. The Kier molecular flexibility index (Phi) is 7.83. The van der Waals surface area contributed by atoms with Crippen molar-refractivity contribution in [3.63, 3.8) is 0 Å². The van der Waals surface area contributed by atoms with E-state index in [1.165, 1.54) is 29.2 Å². The van der Waals surface area contributed by atoms with Crippen LogP contribution in [0.4, 0.5) is 10.5 Å². The van der Waals surface area contributed by atoms with Crippen LogP contribution in [0.15, 0.2) is 58.3 Å². The summed E-state index contributed by atoms with van der Waals surface area (Å²) in [5.74, 6) is -0.394. The second-order valence-electron chi connectivity index (χ2n) is 6.67. The Morgan fingerprint density at radius 3 is 2.28 bits per heavy atom. The second-order valence-corrected chi connectivity index (χ2v) is 9.37. The van der Waals surface area contributed by atoms with E-state index in [1.54, 1.807) is 45.3 Å². The van der Waals surface area contributed by atoms with Crippen LogP contribution < -0.4 is 10.0 Å². The number of para-hydroxylation sites is 1. The fourth-order valence-electron chi connectivity index (χ4n) is 2.24. The first-order valence-corrected chi connectivity index (χ1v) is 11.4. The molecular weight excluding hydrogens is 410 g/mol. The molecule has 2 amide bonds. The third kappa shape index (κ3) is 6.31. The minimum Gasteiger partial charge on any atom is -0.339 e. The number of anilines is 1. The predicted octanol–water partition coefficient (Wildman–Crippen LogP) is 3.79. The van der Waals surface area contributed by atoms with E-state index in [-0.39, 0.29) is 16.2 Å². The van der Waals surface area contributed by atoms with Crippen molar-refractivity contribution in [2.24, 2.45) is 0 Å². The Labute approximate surface area is 175 Å². The van der Waals surface area contributed by atoms with Gasteiger partial charge in [0.1, 0.15) is 0 Å². The van der Waals surface area contributed by atoms with E-state index in [2.05, 4.69) is 10.0 Å². The molecule has 156 valence electrons. The maximum absolute atomic E-state index is 12.6.